The fourth-order valence-corrected chi connectivity index (χ4v) is 3.22. The first-order valence-corrected chi connectivity index (χ1v) is 7.18. The van der Waals surface area contributed by atoms with Gasteiger partial charge in [0.2, 0.25) is 0 Å². The van der Waals surface area contributed by atoms with E-state index in [1.165, 1.54) is 45.2 Å². The van der Waals surface area contributed by atoms with Crippen molar-refractivity contribution < 1.29 is 0 Å². The van der Waals surface area contributed by atoms with Crippen molar-refractivity contribution >= 4 is 5.82 Å². The summed E-state index contributed by atoms with van der Waals surface area (Å²) in [4.78, 5) is 13.6. The smallest absolute Gasteiger partial charge is 0.147 e. The van der Waals surface area contributed by atoms with Gasteiger partial charge in [-0.15, -0.1) is 0 Å². The number of piperazine rings is 1. The minimum Gasteiger partial charge on any atom is -0.353 e. The molecular weight excluding hydrogens is 224 g/mol. The normalized spacial score (nSPS) is 23.2. The molecule has 4 nitrogen and oxygen atoms in total. The third-order valence-electron chi connectivity index (χ3n) is 4.28. The Hall–Kier alpha value is -1.16. The molecule has 2 aliphatic rings. The molecule has 4 heteroatoms. The van der Waals surface area contributed by atoms with Crippen molar-refractivity contribution in [2.24, 2.45) is 0 Å². The molecule has 0 amide bonds. The zero-order valence-electron chi connectivity index (χ0n) is 11.0. The van der Waals surface area contributed by atoms with Gasteiger partial charge >= 0.3 is 0 Å². The predicted octanol–water partition coefficient (Wildman–Crippen LogP) is 1.93. The highest BCUT2D eigenvalue weighted by Gasteiger charge is 2.25. The van der Waals surface area contributed by atoms with Gasteiger partial charge in [0.15, 0.2) is 0 Å². The van der Waals surface area contributed by atoms with Crippen LogP contribution in [-0.2, 0) is 0 Å². The molecule has 1 saturated heterocycles. The number of nitrogens with zero attached hydrogens (tertiary/aromatic N) is 4. The minimum absolute atomic E-state index is 0.850. The quantitative estimate of drug-likeness (QED) is 0.798. The first-order valence-electron chi connectivity index (χ1n) is 7.18. The van der Waals surface area contributed by atoms with Crippen molar-refractivity contribution in [3.05, 3.63) is 18.6 Å². The number of hydrogen-bond acceptors (Lipinski definition) is 4. The summed E-state index contributed by atoms with van der Waals surface area (Å²) in [6.07, 6.45) is 12.5. The largest absolute Gasteiger partial charge is 0.353 e. The molecule has 1 aromatic rings. The van der Waals surface area contributed by atoms with E-state index < -0.39 is 0 Å². The second kappa shape index (κ2) is 5.65. The molecule has 18 heavy (non-hydrogen) atoms. The molecule has 0 N–H and O–H groups in total. The van der Waals surface area contributed by atoms with E-state index >= 15 is 0 Å². The Labute approximate surface area is 109 Å². The maximum atomic E-state index is 4.38. The number of anilines is 1. The van der Waals surface area contributed by atoms with Gasteiger partial charge in [0.05, 0.1) is 6.20 Å². The molecule has 1 aromatic heterocycles. The summed E-state index contributed by atoms with van der Waals surface area (Å²) in [5.74, 6) is 1.03. The van der Waals surface area contributed by atoms with E-state index in [1.54, 1.807) is 12.4 Å². The van der Waals surface area contributed by atoms with Gasteiger partial charge in [-0.1, -0.05) is 19.3 Å². The lowest BCUT2D eigenvalue weighted by atomic mass is 9.94. The maximum Gasteiger partial charge on any atom is 0.147 e. The topological polar surface area (TPSA) is 32.3 Å². The van der Waals surface area contributed by atoms with E-state index in [4.69, 9.17) is 0 Å². The van der Waals surface area contributed by atoms with Crippen LogP contribution in [0.25, 0.3) is 0 Å². The zero-order chi connectivity index (χ0) is 12.2. The summed E-state index contributed by atoms with van der Waals surface area (Å²) in [6.45, 7) is 4.55. The first kappa shape index (κ1) is 11.9. The molecule has 1 aliphatic carbocycles. The van der Waals surface area contributed by atoms with Crippen molar-refractivity contribution in [2.45, 2.75) is 38.1 Å². The average Bonchev–Trinajstić information content (AvgIpc) is 2.49. The Morgan fingerprint density at radius 3 is 2.39 bits per heavy atom. The Bertz CT molecular complexity index is 353. The minimum atomic E-state index is 0.850. The van der Waals surface area contributed by atoms with Crippen LogP contribution in [0, 0.1) is 0 Å². The van der Waals surface area contributed by atoms with E-state index in [0.717, 1.165) is 24.9 Å². The number of rotatable bonds is 2. The first-order chi connectivity index (χ1) is 8.93. The lowest BCUT2D eigenvalue weighted by molar-refractivity contribution is 0.147. The Morgan fingerprint density at radius 1 is 0.944 bits per heavy atom. The molecule has 0 atom stereocenters. The van der Waals surface area contributed by atoms with Crippen molar-refractivity contribution in [1.29, 1.82) is 0 Å². The average molecular weight is 246 g/mol. The van der Waals surface area contributed by atoms with Gasteiger partial charge in [-0.3, -0.25) is 9.88 Å². The van der Waals surface area contributed by atoms with Crippen molar-refractivity contribution in [3.8, 4) is 0 Å². The van der Waals surface area contributed by atoms with E-state index in [-0.39, 0.29) is 0 Å². The molecule has 0 bridgehead atoms. The fourth-order valence-electron chi connectivity index (χ4n) is 3.22. The molecule has 2 fully saturated rings. The van der Waals surface area contributed by atoms with Crippen LogP contribution < -0.4 is 4.90 Å². The molecule has 2 heterocycles. The van der Waals surface area contributed by atoms with Crippen LogP contribution >= 0.6 is 0 Å². The fraction of sp³-hybridized carbons (Fsp3) is 0.714. The molecule has 0 radical (unpaired) electrons. The number of aromatic nitrogens is 2. The van der Waals surface area contributed by atoms with Crippen LogP contribution in [0.15, 0.2) is 18.6 Å². The molecule has 1 aliphatic heterocycles. The lowest BCUT2D eigenvalue weighted by Gasteiger charge is -2.41. The molecule has 0 spiro atoms. The van der Waals surface area contributed by atoms with E-state index in [2.05, 4.69) is 19.8 Å². The van der Waals surface area contributed by atoms with Crippen molar-refractivity contribution in [1.82, 2.24) is 14.9 Å². The second-order valence-electron chi connectivity index (χ2n) is 5.38. The SMILES string of the molecule is c1cnc(N2CCN(C3CCCCC3)CC2)cn1. The Morgan fingerprint density at radius 2 is 1.72 bits per heavy atom. The summed E-state index contributed by atoms with van der Waals surface area (Å²) in [7, 11) is 0. The predicted molar refractivity (Wildman–Crippen MR) is 72.7 cm³/mol. The van der Waals surface area contributed by atoms with Gasteiger partial charge in [-0.05, 0) is 12.8 Å². The van der Waals surface area contributed by atoms with Crippen LogP contribution in [0.5, 0.6) is 0 Å². The van der Waals surface area contributed by atoms with E-state index in [0.29, 0.717) is 0 Å². The molecular formula is C14H22N4. The van der Waals surface area contributed by atoms with Crippen LogP contribution in [0.2, 0.25) is 0 Å². The van der Waals surface area contributed by atoms with E-state index in [1.807, 2.05) is 6.20 Å². The van der Waals surface area contributed by atoms with Crippen LogP contribution in [0.3, 0.4) is 0 Å². The van der Waals surface area contributed by atoms with Gasteiger partial charge in [0.1, 0.15) is 5.82 Å². The zero-order valence-corrected chi connectivity index (χ0v) is 11.0. The van der Waals surface area contributed by atoms with Crippen molar-refractivity contribution in [3.63, 3.8) is 0 Å². The Balaban J connectivity index is 1.54. The van der Waals surface area contributed by atoms with E-state index in [9.17, 15) is 0 Å². The van der Waals surface area contributed by atoms with Gasteiger partial charge < -0.3 is 4.90 Å². The highest BCUT2D eigenvalue weighted by molar-refractivity contribution is 5.35. The lowest BCUT2D eigenvalue weighted by Crippen LogP contribution is -2.51. The van der Waals surface area contributed by atoms with Gasteiger partial charge in [0.25, 0.3) is 0 Å². The Kier molecular flexibility index (Phi) is 3.74. The summed E-state index contributed by atoms with van der Waals surface area (Å²) in [5, 5.41) is 0. The second-order valence-corrected chi connectivity index (χ2v) is 5.38. The number of hydrogen-bond donors (Lipinski definition) is 0. The molecule has 98 valence electrons. The van der Waals surface area contributed by atoms with Gasteiger partial charge in [0, 0.05) is 44.6 Å². The van der Waals surface area contributed by atoms with Crippen LogP contribution in [0.1, 0.15) is 32.1 Å². The van der Waals surface area contributed by atoms with Crippen LogP contribution in [0.4, 0.5) is 5.82 Å². The molecule has 0 unspecified atom stereocenters. The third kappa shape index (κ3) is 2.64. The maximum absolute atomic E-state index is 4.38. The van der Waals surface area contributed by atoms with Gasteiger partial charge in [-0.25, -0.2) is 4.98 Å². The molecule has 0 aromatic carbocycles. The van der Waals surface area contributed by atoms with Gasteiger partial charge in [-0.2, -0.15) is 0 Å². The third-order valence-corrected chi connectivity index (χ3v) is 4.28. The highest BCUT2D eigenvalue weighted by Crippen LogP contribution is 2.24. The molecule has 1 saturated carbocycles. The summed E-state index contributed by atoms with van der Waals surface area (Å²) in [5.41, 5.74) is 0. The monoisotopic (exact) mass is 246 g/mol. The standard InChI is InChI=1S/C14H22N4/c1-2-4-13(5-3-1)17-8-10-18(11-9-17)14-12-15-6-7-16-14/h6-7,12-13H,1-5,8-11H2. The summed E-state index contributed by atoms with van der Waals surface area (Å²) >= 11 is 0. The van der Waals surface area contributed by atoms with Crippen LogP contribution in [-0.4, -0.2) is 47.1 Å². The molecule has 3 rings (SSSR count). The van der Waals surface area contributed by atoms with Crippen molar-refractivity contribution in [2.75, 3.05) is 31.1 Å². The highest BCUT2D eigenvalue weighted by atomic mass is 15.3. The summed E-state index contributed by atoms with van der Waals surface area (Å²) < 4.78 is 0. The summed E-state index contributed by atoms with van der Waals surface area (Å²) in [6, 6.07) is 0.850.